The summed E-state index contributed by atoms with van der Waals surface area (Å²) in [5, 5.41) is 5.98. The Hall–Kier alpha value is -2.32. The van der Waals surface area contributed by atoms with E-state index in [2.05, 4.69) is 34.3 Å². The van der Waals surface area contributed by atoms with Gasteiger partial charge in [-0.2, -0.15) is 0 Å². The van der Waals surface area contributed by atoms with Crippen molar-refractivity contribution in [2.75, 3.05) is 46.9 Å². The van der Waals surface area contributed by atoms with Crippen molar-refractivity contribution < 1.29 is 19.1 Å². The number of nitrogens with zero attached hydrogens (tertiary/aromatic N) is 2. The van der Waals surface area contributed by atoms with Gasteiger partial charge in [0.2, 0.25) is 11.8 Å². The highest BCUT2D eigenvalue weighted by molar-refractivity contribution is 5.88. The lowest BCUT2D eigenvalue weighted by Gasteiger charge is -2.36. The summed E-state index contributed by atoms with van der Waals surface area (Å²) in [7, 11) is 3.22. The minimum Gasteiger partial charge on any atom is -0.493 e. The monoisotopic (exact) mass is 446 g/mol. The molecule has 8 heteroatoms. The van der Waals surface area contributed by atoms with Crippen molar-refractivity contribution >= 4 is 11.8 Å². The van der Waals surface area contributed by atoms with Gasteiger partial charge in [-0.05, 0) is 51.8 Å². The number of carbonyl (C=O) groups is 2. The van der Waals surface area contributed by atoms with E-state index >= 15 is 0 Å². The minimum absolute atomic E-state index is 0.0686. The quantitative estimate of drug-likeness (QED) is 0.600. The van der Waals surface area contributed by atoms with Gasteiger partial charge in [-0.3, -0.25) is 14.5 Å². The molecular weight excluding hydrogens is 408 g/mol. The zero-order valence-electron chi connectivity index (χ0n) is 19.9. The van der Waals surface area contributed by atoms with E-state index < -0.39 is 6.04 Å². The molecule has 2 amide bonds. The Morgan fingerprint density at radius 1 is 1.19 bits per heavy atom. The molecule has 2 N–H and O–H groups in total. The Morgan fingerprint density at radius 2 is 1.94 bits per heavy atom. The Balaban J connectivity index is 1.57. The number of rotatable bonds is 9. The molecule has 1 aromatic rings. The number of hydrogen-bond acceptors (Lipinski definition) is 6. The molecule has 32 heavy (non-hydrogen) atoms. The fraction of sp³-hybridized carbons (Fsp3) is 0.667. The second-order valence-electron chi connectivity index (χ2n) is 9.01. The normalized spacial score (nSPS) is 20.8. The number of benzene rings is 1. The summed E-state index contributed by atoms with van der Waals surface area (Å²) in [5.41, 5.74) is 0.934. The third-order valence-electron chi connectivity index (χ3n) is 6.65. The standard InChI is InChI=1S/C24H38N4O4/c1-17(2)27-11-8-18(9-12-27)15-26-22(29)14-20-24(30)25-10-13-28(20)16-19-6-5-7-21(31-3)23(19)32-4/h5-7,17-18,20H,8-16H2,1-4H3,(H,25,30)(H,26,29)/t20-/m0/s1. The number of nitrogens with one attached hydrogen (secondary N) is 2. The number of carbonyl (C=O) groups excluding carboxylic acids is 2. The number of piperazine rings is 1. The average molecular weight is 447 g/mol. The maximum absolute atomic E-state index is 12.7. The molecule has 8 nitrogen and oxygen atoms in total. The molecule has 2 saturated heterocycles. The molecule has 2 aliphatic rings. The second-order valence-corrected chi connectivity index (χ2v) is 9.01. The first-order valence-electron chi connectivity index (χ1n) is 11.6. The highest BCUT2D eigenvalue weighted by atomic mass is 16.5. The molecular formula is C24H38N4O4. The number of hydrogen-bond donors (Lipinski definition) is 2. The van der Waals surface area contributed by atoms with Gasteiger partial charge in [-0.15, -0.1) is 0 Å². The molecule has 0 radical (unpaired) electrons. The van der Waals surface area contributed by atoms with E-state index in [1.165, 1.54) is 0 Å². The number of para-hydroxylation sites is 1. The number of methoxy groups -OCH3 is 2. The number of ether oxygens (including phenoxy) is 2. The molecule has 2 heterocycles. The summed E-state index contributed by atoms with van der Waals surface area (Å²) in [5.74, 6) is 1.66. The van der Waals surface area contributed by atoms with Crippen molar-refractivity contribution in [2.45, 2.75) is 51.7 Å². The van der Waals surface area contributed by atoms with Gasteiger partial charge in [0.05, 0.1) is 26.7 Å². The third-order valence-corrected chi connectivity index (χ3v) is 6.65. The smallest absolute Gasteiger partial charge is 0.237 e. The van der Waals surface area contributed by atoms with Crippen molar-refractivity contribution in [1.82, 2.24) is 20.4 Å². The van der Waals surface area contributed by atoms with Gasteiger partial charge in [0.25, 0.3) is 0 Å². The highest BCUT2D eigenvalue weighted by Gasteiger charge is 2.32. The van der Waals surface area contributed by atoms with Gasteiger partial charge in [0, 0.05) is 37.8 Å². The summed E-state index contributed by atoms with van der Waals surface area (Å²) < 4.78 is 10.9. The molecule has 0 spiro atoms. The number of likely N-dealkylation sites (tertiary alicyclic amines) is 1. The average Bonchev–Trinajstić information content (AvgIpc) is 2.80. The van der Waals surface area contributed by atoms with Crippen LogP contribution in [0.1, 0.15) is 38.7 Å². The maximum atomic E-state index is 12.7. The number of amides is 2. The molecule has 0 aliphatic carbocycles. The summed E-state index contributed by atoms with van der Waals surface area (Å²) in [6.45, 7) is 9.06. The molecule has 1 atom stereocenters. The lowest BCUT2D eigenvalue weighted by molar-refractivity contribution is -0.134. The molecule has 3 rings (SSSR count). The Morgan fingerprint density at radius 3 is 2.59 bits per heavy atom. The summed E-state index contributed by atoms with van der Waals surface area (Å²) in [4.78, 5) is 29.9. The first kappa shape index (κ1) is 24.3. The summed E-state index contributed by atoms with van der Waals surface area (Å²) in [6.07, 6.45) is 2.36. The van der Waals surface area contributed by atoms with Crippen molar-refractivity contribution in [3.05, 3.63) is 23.8 Å². The predicted molar refractivity (Wildman–Crippen MR) is 124 cm³/mol. The van der Waals surface area contributed by atoms with Crippen LogP contribution in [0.3, 0.4) is 0 Å². The summed E-state index contributed by atoms with van der Waals surface area (Å²) in [6, 6.07) is 5.80. The second kappa shape index (κ2) is 11.5. The first-order chi connectivity index (χ1) is 15.4. The molecule has 0 saturated carbocycles. The zero-order chi connectivity index (χ0) is 23.1. The minimum atomic E-state index is -0.498. The van der Waals surface area contributed by atoms with Crippen LogP contribution >= 0.6 is 0 Å². The van der Waals surface area contributed by atoms with Crippen LogP contribution in [0.4, 0.5) is 0 Å². The zero-order valence-corrected chi connectivity index (χ0v) is 19.9. The van der Waals surface area contributed by atoms with Gasteiger partial charge < -0.3 is 25.0 Å². The van der Waals surface area contributed by atoms with Crippen LogP contribution in [0, 0.1) is 5.92 Å². The van der Waals surface area contributed by atoms with Gasteiger partial charge in [0.15, 0.2) is 11.5 Å². The SMILES string of the molecule is COc1cccc(CN2CCNC(=O)[C@@H]2CC(=O)NCC2CCN(C(C)C)CC2)c1OC. The molecule has 1 aromatic carbocycles. The third kappa shape index (κ3) is 6.13. The lowest BCUT2D eigenvalue weighted by atomic mass is 9.96. The Bertz CT molecular complexity index is 777. The van der Waals surface area contributed by atoms with Crippen LogP contribution in [0.2, 0.25) is 0 Å². The topological polar surface area (TPSA) is 83.1 Å². The lowest BCUT2D eigenvalue weighted by Crippen LogP contribution is -2.56. The number of piperidine rings is 1. The fourth-order valence-electron chi connectivity index (χ4n) is 4.65. The maximum Gasteiger partial charge on any atom is 0.237 e. The van der Waals surface area contributed by atoms with E-state index in [1.54, 1.807) is 14.2 Å². The van der Waals surface area contributed by atoms with Crippen LogP contribution in [0.5, 0.6) is 11.5 Å². The van der Waals surface area contributed by atoms with E-state index in [4.69, 9.17) is 9.47 Å². The van der Waals surface area contributed by atoms with Gasteiger partial charge >= 0.3 is 0 Å². The van der Waals surface area contributed by atoms with Crippen LogP contribution in [0.25, 0.3) is 0 Å². The predicted octanol–water partition coefficient (Wildman–Crippen LogP) is 1.63. The Kier molecular flexibility index (Phi) is 8.75. The van der Waals surface area contributed by atoms with Crippen LogP contribution < -0.4 is 20.1 Å². The van der Waals surface area contributed by atoms with Gasteiger partial charge in [-0.1, -0.05) is 12.1 Å². The van der Waals surface area contributed by atoms with Crippen molar-refractivity contribution in [1.29, 1.82) is 0 Å². The van der Waals surface area contributed by atoms with Gasteiger partial charge in [-0.25, -0.2) is 0 Å². The van der Waals surface area contributed by atoms with Crippen molar-refractivity contribution in [3.63, 3.8) is 0 Å². The van der Waals surface area contributed by atoms with Crippen LogP contribution in [0.15, 0.2) is 18.2 Å². The molecule has 178 valence electrons. The first-order valence-corrected chi connectivity index (χ1v) is 11.6. The molecule has 0 bridgehead atoms. The van der Waals surface area contributed by atoms with Crippen molar-refractivity contribution in [2.24, 2.45) is 5.92 Å². The van der Waals surface area contributed by atoms with Crippen LogP contribution in [-0.2, 0) is 16.1 Å². The molecule has 2 aliphatic heterocycles. The molecule has 0 aromatic heterocycles. The van der Waals surface area contributed by atoms with E-state index in [0.29, 0.717) is 49.6 Å². The van der Waals surface area contributed by atoms with E-state index in [-0.39, 0.29) is 18.2 Å². The van der Waals surface area contributed by atoms with E-state index in [9.17, 15) is 9.59 Å². The van der Waals surface area contributed by atoms with Crippen molar-refractivity contribution in [3.8, 4) is 11.5 Å². The largest absolute Gasteiger partial charge is 0.493 e. The van der Waals surface area contributed by atoms with Gasteiger partial charge in [0.1, 0.15) is 0 Å². The highest BCUT2D eigenvalue weighted by Crippen LogP contribution is 2.32. The summed E-state index contributed by atoms with van der Waals surface area (Å²) >= 11 is 0. The Labute approximate surface area is 191 Å². The fourth-order valence-corrected chi connectivity index (χ4v) is 4.65. The molecule has 0 unspecified atom stereocenters. The van der Waals surface area contributed by atoms with Crippen LogP contribution in [-0.4, -0.2) is 80.6 Å². The van der Waals surface area contributed by atoms with E-state index in [1.807, 2.05) is 18.2 Å². The van der Waals surface area contributed by atoms with E-state index in [0.717, 1.165) is 31.5 Å². The molecule has 2 fully saturated rings.